The van der Waals surface area contributed by atoms with Crippen molar-refractivity contribution in [3.05, 3.63) is 176 Å². The van der Waals surface area contributed by atoms with Gasteiger partial charge in [-0.15, -0.1) is 0 Å². The first-order chi connectivity index (χ1) is 26.8. The van der Waals surface area contributed by atoms with Gasteiger partial charge in [-0.25, -0.2) is 9.97 Å². The fraction of sp³-hybridized carbons (Fsp3) is 0. The van der Waals surface area contributed by atoms with Crippen LogP contribution in [-0.2, 0) is 0 Å². The lowest BCUT2D eigenvalue weighted by molar-refractivity contribution is 0.669. The maximum absolute atomic E-state index is 6.35. The van der Waals surface area contributed by atoms with E-state index in [1.165, 1.54) is 43.4 Å². The maximum Gasteiger partial charge on any atom is 0.136 e. The van der Waals surface area contributed by atoms with E-state index in [0.29, 0.717) is 0 Å². The molecule has 9 aromatic carbocycles. The van der Waals surface area contributed by atoms with Crippen molar-refractivity contribution in [1.82, 2.24) is 14.5 Å². The first-order valence-electron chi connectivity index (χ1n) is 18.3. The minimum atomic E-state index is 0.823. The topological polar surface area (TPSA) is 43.9 Å². The van der Waals surface area contributed by atoms with Crippen LogP contribution in [0.5, 0.6) is 0 Å². The average molecular weight is 688 g/mol. The number of nitrogens with zero attached hydrogens (tertiary/aromatic N) is 3. The van der Waals surface area contributed by atoms with Gasteiger partial charge in [-0.2, -0.15) is 0 Å². The average Bonchev–Trinajstić information content (AvgIpc) is 3.78. The Morgan fingerprint density at radius 2 is 0.944 bits per heavy atom. The summed E-state index contributed by atoms with van der Waals surface area (Å²) >= 11 is 0. The maximum atomic E-state index is 6.35. The van der Waals surface area contributed by atoms with E-state index in [9.17, 15) is 0 Å². The Morgan fingerprint density at radius 3 is 1.65 bits per heavy atom. The molecule has 0 aliphatic carbocycles. The highest BCUT2D eigenvalue weighted by Crippen LogP contribution is 2.44. The number of aromatic nitrogens is 3. The smallest absolute Gasteiger partial charge is 0.136 e. The summed E-state index contributed by atoms with van der Waals surface area (Å²) in [5, 5.41) is 12.0. The Morgan fingerprint density at radius 1 is 0.389 bits per heavy atom. The third-order valence-corrected chi connectivity index (χ3v) is 11.2. The van der Waals surface area contributed by atoms with Crippen LogP contribution < -0.4 is 0 Å². The van der Waals surface area contributed by atoms with Gasteiger partial charge in [-0.05, 0) is 81.5 Å². The fourth-order valence-corrected chi connectivity index (χ4v) is 8.75. The number of hydrogen-bond donors (Lipinski definition) is 0. The van der Waals surface area contributed by atoms with Crippen molar-refractivity contribution in [3.63, 3.8) is 0 Å². The van der Waals surface area contributed by atoms with Gasteiger partial charge >= 0.3 is 0 Å². The predicted octanol–water partition coefficient (Wildman–Crippen LogP) is 13.4. The standard InChI is InChI=1S/C50H29N3O/c1-3-13-33-30(11-1)22-26-43-47(33)48-34-14-4-2-12-31(34)23-27-44(48)53(43)42-28-25-39(35-15-5-6-16-36(35)42)50-49(51-40-18-8-9-19-41(40)52-50)32-21-24-38-37-17-7-10-20-45(37)54-46(38)29-32/h1-29H. The Labute approximate surface area is 309 Å². The van der Waals surface area contributed by atoms with E-state index < -0.39 is 0 Å². The van der Waals surface area contributed by atoms with Crippen LogP contribution in [0.3, 0.4) is 0 Å². The van der Waals surface area contributed by atoms with Crippen LogP contribution in [0.1, 0.15) is 0 Å². The zero-order valence-electron chi connectivity index (χ0n) is 29.0. The summed E-state index contributed by atoms with van der Waals surface area (Å²) in [6.45, 7) is 0. The first-order valence-corrected chi connectivity index (χ1v) is 18.3. The number of para-hydroxylation sites is 3. The molecule has 54 heavy (non-hydrogen) atoms. The van der Waals surface area contributed by atoms with Gasteiger partial charge in [0.15, 0.2) is 0 Å². The van der Waals surface area contributed by atoms with Crippen LogP contribution in [0, 0.1) is 0 Å². The predicted molar refractivity (Wildman–Crippen MR) is 225 cm³/mol. The molecule has 0 amide bonds. The quantitative estimate of drug-likeness (QED) is 0.186. The molecule has 0 aliphatic rings. The van der Waals surface area contributed by atoms with Crippen LogP contribution in [0.15, 0.2) is 180 Å². The molecule has 0 atom stereocenters. The third-order valence-electron chi connectivity index (χ3n) is 11.2. The highest BCUT2D eigenvalue weighted by molar-refractivity contribution is 6.29. The van der Waals surface area contributed by atoms with Crippen LogP contribution in [0.25, 0.3) is 115 Å². The Balaban J connectivity index is 1.15. The molecule has 0 saturated carbocycles. The van der Waals surface area contributed by atoms with E-state index in [-0.39, 0.29) is 0 Å². The van der Waals surface area contributed by atoms with Crippen molar-refractivity contribution < 1.29 is 4.42 Å². The molecule has 4 heteroatoms. The lowest BCUT2D eigenvalue weighted by Crippen LogP contribution is -1.99. The van der Waals surface area contributed by atoms with Crippen LogP contribution in [0.2, 0.25) is 0 Å². The SMILES string of the molecule is c1ccc2c(c1)ccc1c2c2c3ccccc3ccc2n1-c1ccc(-c2nc3ccccc3nc2-c2ccc3c(c2)oc2ccccc23)c2ccccc12. The monoisotopic (exact) mass is 687 g/mol. The normalized spacial score (nSPS) is 12.1. The zero-order valence-corrected chi connectivity index (χ0v) is 29.0. The number of benzene rings is 9. The highest BCUT2D eigenvalue weighted by atomic mass is 16.3. The van der Waals surface area contributed by atoms with Gasteiger partial charge in [0, 0.05) is 38.1 Å². The second-order valence-electron chi connectivity index (χ2n) is 14.1. The van der Waals surface area contributed by atoms with Crippen LogP contribution in [-0.4, -0.2) is 14.5 Å². The summed E-state index contributed by atoms with van der Waals surface area (Å²) in [5.74, 6) is 0. The molecule has 0 spiro atoms. The number of hydrogen-bond acceptors (Lipinski definition) is 3. The minimum Gasteiger partial charge on any atom is -0.456 e. The molecule has 0 bridgehead atoms. The summed E-state index contributed by atoms with van der Waals surface area (Å²) < 4.78 is 8.80. The van der Waals surface area contributed by atoms with E-state index in [0.717, 1.165) is 71.9 Å². The van der Waals surface area contributed by atoms with Gasteiger partial charge in [0.05, 0.1) is 39.1 Å². The molecule has 0 fully saturated rings. The van der Waals surface area contributed by atoms with Gasteiger partial charge in [0.25, 0.3) is 0 Å². The van der Waals surface area contributed by atoms with Crippen molar-refractivity contribution in [2.24, 2.45) is 0 Å². The molecule has 0 aliphatic heterocycles. The third kappa shape index (κ3) is 4.13. The van der Waals surface area contributed by atoms with E-state index in [1.54, 1.807) is 0 Å². The highest BCUT2D eigenvalue weighted by Gasteiger charge is 2.22. The van der Waals surface area contributed by atoms with E-state index >= 15 is 0 Å². The Bertz CT molecular complexity index is 3420. The molecule has 3 aromatic heterocycles. The van der Waals surface area contributed by atoms with Crippen LogP contribution >= 0.6 is 0 Å². The molecule has 12 aromatic rings. The van der Waals surface area contributed by atoms with E-state index in [2.05, 4.69) is 144 Å². The van der Waals surface area contributed by atoms with E-state index in [4.69, 9.17) is 14.4 Å². The number of furan rings is 1. The van der Waals surface area contributed by atoms with Gasteiger partial charge in [0.2, 0.25) is 0 Å². The summed E-state index contributed by atoms with van der Waals surface area (Å²) in [5.41, 5.74) is 10.6. The molecule has 0 radical (unpaired) electrons. The van der Waals surface area contributed by atoms with Crippen molar-refractivity contribution in [1.29, 1.82) is 0 Å². The molecule has 250 valence electrons. The van der Waals surface area contributed by atoms with Crippen molar-refractivity contribution >= 4 is 87.1 Å². The second-order valence-corrected chi connectivity index (χ2v) is 14.1. The zero-order chi connectivity index (χ0) is 35.3. The van der Waals surface area contributed by atoms with Gasteiger partial charge in [-0.3, -0.25) is 0 Å². The fourth-order valence-electron chi connectivity index (χ4n) is 8.75. The van der Waals surface area contributed by atoms with Gasteiger partial charge in [-0.1, -0.05) is 121 Å². The first kappa shape index (κ1) is 29.3. The molecular weight excluding hydrogens is 659 g/mol. The van der Waals surface area contributed by atoms with Crippen LogP contribution in [0.4, 0.5) is 0 Å². The summed E-state index contributed by atoms with van der Waals surface area (Å²) in [6, 6.07) is 62.5. The summed E-state index contributed by atoms with van der Waals surface area (Å²) in [6.07, 6.45) is 0. The molecule has 0 N–H and O–H groups in total. The molecule has 12 rings (SSSR count). The molecule has 4 nitrogen and oxygen atoms in total. The lowest BCUT2D eigenvalue weighted by Gasteiger charge is -2.17. The van der Waals surface area contributed by atoms with Crippen molar-refractivity contribution in [3.8, 4) is 28.2 Å². The second kappa shape index (κ2) is 11.1. The van der Waals surface area contributed by atoms with Crippen molar-refractivity contribution in [2.75, 3.05) is 0 Å². The summed E-state index contributed by atoms with van der Waals surface area (Å²) in [7, 11) is 0. The number of rotatable bonds is 3. The van der Waals surface area contributed by atoms with Crippen molar-refractivity contribution in [2.45, 2.75) is 0 Å². The molecule has 0 unspecified atom stereocenters. The largest absolute Gasteiger partial charge is 0.456 e. The van der Waals surface area contributed by atoms with E-state index in [1.807, 2.05) is 36.4 Å². The van der Waals surface area contributed by atoms with Gasteiger partial charge in [0.1, 0.15) is 11.2 Å². The van der Waals surface area contributed by atoms with Gasteiger partial charge < -0.3 is 8.98 Å². The Kier molecular flexibility index (Phi) is 6.02. The molecule has 0 saturated heterocycles. The summed E-state index contributed by atoms with van der Waals surface area (Å²) in [4.78, 5) is 10.6. The minimum absolute atomic E-state index is 0.823. The molecule has 3 heterocycles. The molecular formula is C50H29N3O. The number of fused-ring (bicyclic) bond motifs is 12. The lowest BCUT2D eigenvalue weighted by atomic mass is 9.96. The Hall–Kier alpha value is -7.30.